The summed E-state index contributed by atoms with van der Waals surface area (Å²) >= 11 is 4.57. The first-order valence-corrected chi connectivity index (χ1v) is 13.9. The summed E-state index contributed by atoms with van der Waals surface area (Å²) in [7, 11) is 0. The fourth-order valence-electron chi connectivity index (χ4n) is 6.90. The molecule has 4 aliphatic rings. The lowest BCUT2D eigenvalue weighted by atomic mass is 9.69. The Morgan fingerprint density at radius 2 is 1.94 bits per heavy atom. The van der Waals surface area contributed by atoms with Crippen LogP contribution in [-0.2, 0) is 14.4 Å². The molecule has 2 aromatic heterocycles. The summed E-state index contributed by atoms with van der Waals surface area (Å²) < 4.78 is 0. The van der Waals surface area contributed by atoms with Crippen LogP contribution in [0.4, 0.5) is 0 Å². The number of likely N-dealkylation sites (tertiary alicyclic amines) is 1. The molecule has 2 aromatic rings. The van der Waals surface area contributed by atoms with Crippen LogP contribution in [0.2, 0.25) is 0 Å². The van der Waals surface area contributed by atoms with Crippen LogP contribution in [0.1, 0.15) is 42.4 Å². The highest BCUT2D eigenvalue weighted by atomic mass is 32.2. The average molecular weight is 505 g/mol. The van der Waals surface area contributed by atoms with E-state index in [-0.39, 0.29) is 57.9 Å². The highest BCUT2D eigenvalue weighted by Gasteiger charge is 2.70. The van der Waals surface area contributed by atoms with E-state index in [4.69, 9.17) is 0 Å². The molecule has 2 bridgehead atoms. The second-order valence-electron chi connectivity index (χ2n) is 10.0. The average Bonchev–Trinajstić information content (AvgIpc) is 3.54. The molecule has 2 saturated carbocycles. The number of amides is 2. The summed E-state index contributed by atoms with van der Waals surface area (Å²) in [6.45, 7) is 3.81. The quantitative estimate of drug-likeness (QED) is 0.604. The van der Waals surface area contributed by atoms with E-state index in [1.165, 1.54) is 16.2 Å². The van der Waals surface area contributed by atoms with Gasteiger partial charge in [-0.3, -0.25) is 19.3 Å². The number of nitrogens with zero attached hydrogens (tertiary/aromatic N) is 1. The molecular weight excluding hydrogens is 480 g/mol. The minimum Gasteiger partial charge on any atom is -0.480 e. The van der Waals surface area contributed by atoms with Crippen LogP contribution in [0, 0.1) is 35.5 Å². The van der Waals surface area contributed by atoms with Gasteiger partial charge < -0.3 is 10.1 Å². The molecule has 10 heteroatoms. The number of fused-ring (bicyclic) bond motifs is 9. The number of imide groups is 1. The van der Waals surface area contributed by atoms with Crippen molar-refractivity contribution in [1.82, 2.24) is 9.88 Å². The Kier molecular flexibility index (Phi) is 4.94. The Morgan fingerprint density at radius 1 is 1.21 bits per heavy atom. The van der Waals surface area contributed by atoms with Gasteiger partial charge in [0.05, 0.1) is 16.9 Å². The smallest absolute Gasteiger partial charge is 0.326 e. The monoisotopic (exact) mass is 504 g/mol. The molecule has 2 aliphatic heterocycles. The van der Waals surface area contributed by atoms with Crippen molar-refractivity contribution < 1.29 is 19.5 Å². The lowest BCUT2D eigenvalue weighted by Crippen LogP contribution is -2.47. The van der Waals surface area contributed by atoms with Crippen LogP contribution in [0.15, 0.2) is 27.3 Å². The molecule has 2 aliphatic carbocycles. The SMILES string of the molecule is CC(C)CC(C(=O)O)N1C(=O)C2C3CC(C2C1=O)C1C3Sc2[nH]c(=O)sc2[C@@H]1c1cccs1. The van der Waals surface area contributed by atoms with Gasteiger partial charge in [0.1, 0.15) is 6.04 Å². The third kappa shape index (κ3) is 2.99. The molecule has 8 atom stereocenters. The molecule has 1 saturated heterocycles. The fourth-order valence-corrected chi connectivity index (χ4v) is 10.7. The molecule has 0 spiro atoms. The fraction of sp³-hybridized carbons (Fsp3) is 0.565. The first kappa shape index (κ1) is 21.6. The van der Waals surface area contributed by atoms with Gasteiger partial charge in [-0.05, 0) is 48.0 Å². The van der Waals surface area contributed by atoms with Gasteiger partial charge in [-0.25, -0.2) is 4.79 Å². The summed E-state index contributed by atoms with van der Waals surface area (Å²) in [5.41, 5.74) is 0. The maximum absolute atomic E-state index is 13.6. The molecule has 6 rings (SSSR count). The number of H-pyrrole nitrogens is 1. The number of thiophene rings is 1. The van der Waals surface area contributed by atoms with Crippen molar-refractivity contribution in [2.24, 2.45) is 35.5 Å². The van der Waals surface area contributed by atoms with Crippen molar-refractivity contribution in [3.63, 3.8) is 0 Å². The van der Waals surface area contributed by atoms with Crippen molar-refractivity contribution in [2.45, 2.75) is 48.9 Å². The number of aromatic nitrogens is 1. The molecular formula is C23H24N2O5S3. The Balaban J connectivity index is 1.41. The molecule has 2 amide bonds. The number of thioether (sulfide) groups is 1. The molecule has 33 heavy (non-hydrogen) atoms. The Labute approximate surface area is 202 Å². The second kappa shape index (κ2) is 7.55. The Morgan fingerprint density at radius 3 is 2.58 bits per heavy atom. The highest BCUT2D eigenvalue weighted by molar-refractivity contribution is 8.00. The number of carbonyl (C=O) groups excluding carboxylic acids is 2. The van der Waals surface area contributed by atoms with Gasteiger partial charge in [0.15, 0.2) is 0 Å². The first-order valence-electron chi connectivity index (χ1n) is 11.3. The van der Waals surface area contributed by atoms with Crippen molar-refractivity contribution in [3.05, 3.63) is 36.9 Å². The Bertz CT molecular complexity index is 1200. The Hall–Kier alpha value is -1.91. The number of hydrogen-bond acceptors (Lipinski definition) is 7. The van der Waals surface area contributed by atoms with Gasteiger partial charge in [0.25, 0.3) is 0 Å². The number of thiazole rings is 1. The van der Waals surface area contributed by atoms with E-state index in [1.807, 2.05) is 25.3 Å². The van der Waals surface area contributed by atoms with E-state index in [9.17, 15) is 24.3 Å². The van der Waals surface area contributed by atoms with E-state index in [2.05, 4.69) is 11.1 Å². The van der Waals surface area contributed by atoms with Crippen LogP contribution in [0.5, 0.6) is 0 Å². The van der Waals surface area contributed by atoms with Crippen LogP contribution in [-0.4, -0.2) is 44.1 Å². The third-order valence-corrected chi connectivity index (χ3v) is 11.4. The number of nitrogens with one attached hydrogen (secondary N) is 1. The van der Waals surface area contributed by atoms with Crippen molar-refractivity contribution in [1.29, 1.82) is 0 Å². The van der Waals surface area contributed by atoms with E-state index in [0.29, 0.717) is 0 Å². The van der Waals surface area contributed by atoms with Crippen LogP contribution in [0.25, 0.3) is 0 Å². The van der Waals surface area contributed by atoms with Crippen LogP contribution in [0.3, 0.4) is 0 Å². The largest absolute Gasteiger partial charge is 0.480 e. The zero-order valence-electron chi connectivity index (χ0n) is 18.1. The van der Waals surface area contributed by atoms with Gasteiger partial charge in [0.2, 0.25) is 11.8 Å². The highest BCUT2D eigenvalue weighted by Crippen LogP contribution is 2.68. The van der Waals surface area contributed by atoms with Crippen molar-refractivity contribution in [2.75, 3.05) is 0 Å². The summed E-state index contributed by atoms with van der Waals surface area (Å²) in [4.78, 5) is 57.6. The van der Waals surface area contributed by atoms with Crippen LogP contribution < -0.4 is 4.87 Å². The van der Waals surface area contributed by atoms with Gasteiger partial charge in [-0.2, -0.15) is 0 Å². The first-order chi connectivity index (χ1) is 15.8. The van der Waals surface area contributed by atoms with Crippen LogP contribution >= 0.6 is 34.4 Å². The van der Waals surface area contributed by atoms with Crippen molar-refractivity contribution >= 4 is 52.2 Å². The zero-order chi connectivity index (χ0) is 23.2. The van der Waals surface area contributed by atoms with E-state index < -0.39 is 23.8 Å². The van der Waals surface area contributed by atoms with E-state index >= 15 is 0 Å². The van der Waals surface area contributed by atoms with Gasteiger partial charge in [-0.15, -0.1) is 23.1 Å². The van der Waals surface area contributed by atoms with Gasteiger partial charge in [0, 0.05) is 20.9 Å². The predicted molar refractivity (Wildman–Crippen MR) is 126 cm³/mol. The molecule has 3 fully saturated rings. The minimum atomic E-state index is -1.11. The standard InChI is InChI=1S/C23H24N2O5S3/c1-8(2)6-11(22(28)29)25-20(26)14-9-7-10(15(14)21(25)27)17-13(9)16(12-4-3-5-31-12)18-19(32-17)24-23(30)33-18/h3-5,8-11,13-17H,6-7H2,1-2H3,(H,24,30)(H,28,29)/t9?,10?,11?,13?,14?,15?,16-,17?/m1/s1. The molecule has 2 N–H and O–H groups in total. The third-order valence-electron chi connectivity index (χ3n) is 7.90. The maximum atomic E-state index is 13.6. The number of hydrogen-bond donors (Lipinski definition) is 2. The second-order valence-corrected chi connectivity index (χ2v) is 13.2. The number of aliphatic carboxylic acids is 1. The predicted octanol–water partition coefficient (Wildman–Crippen LogP) is 3.47. The van der Waals surface area contributed by atoms with Crippen molar-refractivity contribution in [3.8, 4) is 0 Å². The lowest BCUT2D eigenvalue weighted by molar-refractivity contribution is -0.156. The summed E-state index contributed by atoms with van der Waals surface area (Å²) in [5.74, 6) is -2.32. The number of rotatable bonds is 5. The molecule has 174 valence electrons. The summed E-state index contributed by atoms with van der Waals surface area (Å²) in [6, 6.07) is 3.00. The lowest BCUT2D eigenvalue weighted by Gasteiger charge is -2.42. The number of aromatic amines is 1. The maximum Gasteiger partial charge on any atom is 0.326 e. The number of carbonyl (C=O) groups is 3. The molecule has 0 radical (unpaired) electrons. The summed E-state index contributed by atoms with van der Waals surface area (Å²) in [5, 5.41) is 12.9. The normalized spacial score (nSPS) is 35.1. The minimum absolute atomic E-state index is 0.0176. The van der Waals surface area contributed by atoms with E-state index in [0.717, 1.165) is 21.2 Å². The topological polar surface area (TPSA) is 108 Å². The van der Waals surface area contributed by atoms with Gasteiger partial charge in [-0.1, -0.05) is 31.3 Å². The summed E-state index contributed by atoms with van der Waals surface area (Å²) in [6.07, 6.45) is 1.07. The van der Waals surface area contributed by atoms with Gasteiger partial charge >= 0.3 is 10.8 Å². The number of carboxylic acids is 1. The number of carboxylic acid groups (broad SMARTS) is 1. The zero-order valence-corrected chi connectivity index (χ0v) is 20.5. The van der Waals surface area contributed by atoms with E-state index in [1.54, 1.807) is 23.1 Å². The molecule has 4 heterocycles. The molecule has 7 nitrogen and oxygen atoms in total. The molecule has 0 aromatic carbocycles. The molecule has 7 unspecified atom stereocenters.